The zero-order chi connectivity index (χ0) is 16.4. The molecule has 0 aliphatic rings. The Morgan fingerprint density at radius 3 is 2.14 bits per heavy atom. The molecule has 0 aliphatic heterocycles. The van der Waals surface area contributed by atoms with Crippen molar-refractivity contribution < 1.29 is 35.9 Å². The van der Waals surface area contributed by atoms with Crippen LogP contribution in [0.25, 0.3) is 0 Å². The number of carbonyl (C=O) groups excluding carboxylic acids is 1. The van der Waals surface area contributed by atoms with Crippen molar-refractivity contribution in [1.82, 2.24) is 0 Å². The van der Waals surface area contributed by atoms with Crippen LogP contribution in [0.4, 0.5) is 26.3 Å². The van der Waals surface area contributed by atoms with E-state index in [4.69, 9.17) is 0 Å². The molecule has 1 atom stereocenters. The van der Waals surface area contributed by atoms with Gasteiger partial charge >= 0.3 is 18.3 Å². The minimum atomic E-state index is -5.32. The van der Waals surface area contributed by atoms with Crippen LogP contribution in [-0.2, 0) is 17.1 Å². The quantitative estimate of drug-likeness (QED) is 0.598. The highest BCUT2D eigenvalue weighted by Crippen LogP contribution is 2.42. The third-order valence-electron chi connectivity index (χ3n) is 2.76. The zero-order valence-electron chi connectivity index (χ0n) is 11.1. The number of alkyl halides is 6. The van der Waals surface area contributed by atoms with E-state index in [2.05, 4.69) is 4.74 Å². The lowest BCUT2D eigenvalue weighted by molar-refractivity contribution is -0.162. The number of carbonyl (C=O) groups is 1. The predicted octanol–water partition coefficient (Wildman–Crippen LogP) is 4.68. The molecule has 21 heavy (non-hydrogen) atoms. The van der Waals surface area contributed by atoms with Crippen LogP contribution >= 0.6 is 0 Å². The van der Waals surface area contributed by atoms with E-state index in [-0.39, 0.29) is 6.07 Å². The fourth-order valence-electron chi connectivity index (χ4n) is 1.59. The van der Waals surface area contributed by atoms with Gasteiger partial charge in [0.05, 0.1) is 22.8 Å². The lowest BCUT2D eigenvalue weighted by atomic mass is 10.00. The molecule has 0 N–H and O–H groups in total. The smallest absolute Gasteiger partial charge is 0.417 e. The Morgan fingerprint density at radius 1 is 1.14 bits per heavy atom. The molecule has 0 saturated heterocycles. The summed E-state index contributed by atoms with van der Waals surface area (Å²) in [6.45, 7) is 3.05. The molecule has 1 rings (SSSR count). The van der Waals surface area contributed by atoms with Gasteiger partial charge in [0, 0.05) is 0 Å². The van der Waals surface area contributed by atoms with Crippen LogP contribution in [0.3, 0.4) is 0 Å². The van der Waals surface area contributed by atoms with Gasteiger partial charge in [0.25, 0.3) is 0 Å². The minimum Gasteiger partial charge on any atom is -0.459 e. The van der Waals surface area contributed by atoms with Crippen molar-refractivity contribution in [1.29, 1.82) is 0 Å². The third kappa shape index (κ3) is 4.12. The van der Waals surface area contributed by atoms with Crippen molar-refractivity contribution >= 4 is 5.97 Å². The van der Waals surface area contributed by atoms with Gasteiger partial charge in [0.15, 0.2) is 0 Å². The van der Waals surface area contributed by atoms with Gasteiger partial charge in [-0.1, -0.05) is 13.0 Å². The predicted molar refractivity (Wildman–Crippen MR) is 61.6 cm³/mol. The molecule has 2 nitrogen and oxygen atoms in total. The normalized spacial score (nSPS) is 13.9. The van der Waals surface area contributed by atoms with Gasteiger partial charge in [-0.25, -0.2) is 4.79 Å². The molecule has 0 bridgehead atoms. The maximum Gasteiger partial charge on any atom is 0.417 e. The van der Waals surface area contributed by atoms with Crippen LogP contribution in [0.1, 0.15) is 41.8 Å². The maximum atomic E-state index is 12.9. The molecule has 1 unspecified atom stereocenters. The summed E-state index contributed by atoms with van der Waals surface area (Å²) in [4.78, 5) is 11.7. The molecule has 0 fully saturated rings. The van der Waals surface area contributed by atoms with Gasteiger partial charge in [0.2, 0.25) is 0 Å². The third-order valence-corrected chi connectivity index (χ3v) is 2.76. The van der Waals surface area contributed by atoms with Crippen molar-refractivity contribution in [3.05, 3.63) is 34.9 Å². The second-order valence-electron chi connectivity index (χ2n) is 4.35. The summed E-state index contributed by atoms with van der Waals surface area (Å²) in [5.41, 5.74) is -5.07. The van der Waals surface area contributed by atoms with Crippen molar-refractivity contribution in [2.75, 3.05) is 0 Å². The SMILES string of the molecule is CCC(C)OC(=O)c1cccc(C(F)(F)F)c1C(F)(F)F. The van der Waals surface area contributed by atoms with Crippen molar-refractivity contribution in [2.24, 2.45) is 0 Å². The van der Waals surface area contributed by atoms with Crippen LogP contribution in [0.15, 0.2) is 18.2 Å². The molecule has 0 spiro atoms. The summed E-state index contributed by atoms with van der Waals surface area (Å²) >= 11 is 0. The second-order valence-corrected chi connectivity index (χ2v) is 4.35. The Bertz CT molecular complexity index is 518. The fourth-order valence-corrected chi connectivity index (χ4v) is 1.59. The molecule has 0 radical (unpaired) electrons. The lowest BCUT2D eigenvalue weighted by Crippen LogP contribution is -2.23. The molecular weight excluding hydrogens is 302 g/mol. The Morgan fingerprint density at radius 2 is 1.71 bits per heavy atom. The average Bonchev–Trinajstić information content (AvgIpc) is 2.35. The number of rotatable bonds is 3. The summed E-state index contributed by atoms with van der Waals surface area (Å²) < 4.78 is 81.5. The van der Waals surface area contributed by atoms with E-state index in [9.17, 15) is 31.1 Å². The van der Waals surface area contributed by atoms with Gasteiger partial charge in [-0.2, -0.15) is 26.3 Å². The monoisotopic (exact) mass is 314 g/mol. The van der Waals surface area contributed by atoms with Crippen molar-refractivity contribution in [2.45, 2.75) is 38.7 Å². The van der Waals surface area contributed by atoms with Gasteiger partial charge in [-0.15, -0.1) is 0 Å². The number of hydrogen-bond acceptors (Lipinski definition) is 2. The molecule has 0 amide bonds. The number of halogens is 6. The number of ether oxygens (including phenoxy) is 1. The fraction of sp³-hybridized carbons (Fsp3) is 0.462. The van der Waals surface area contributed by atoms with Crippen LogP contribution in [-0.4, -0.2) is 12.1 Å². The average molecular weight is 314 g/mol. The van der Waals surface area contributed by atoms with Crippen molar-refractivity contribution in [3.8, 4) is 0 Å². The first kappa shape index (κ1) is 17.3. The molecule has 0 saturated carbocycles. The zero-order valence-corrected chi connectivity index (χ0v) is 11.1. The van der Waals surface area contributed by atoms with Crippen LogP contribution in [0, 0.1) is 0 Å². The number of esters is 1. The van der Waals surface area contributed by atoms with Gasteiger partial charge in [-0.3, -0.25) is 0 Å². The van der Waals surface area contributed by atoms with Crippen LogP contribution in [0.2, 0.25) is 0 Å². The van der Waals surface area contributed by atoms with Gasteiger partial charge in [0.1, 0.15) is 0 Å². The summed E-state index contributed by atoms with van der Waals surface area (Å²) in [5.74, 6) is -1.43. The van der Waals surface area contributed by atoms with Crippen LogP contribution < -0.4 is 0 Å². The Kier molecular flexibility index (Phi) is 4.91. The lowest BCUT2D eigenvalue weighted by Gasteiger charge is -2.19. The standard InChI is InChI=1S/C13H12F6O2/c1-3-7(2)21-11(20)8-5-4-6-9(12(14,15)16)10(8)13(17,18)19/h4-7H,3H2,1-2H3. The summed E-state index contributed by atoms with van der Waals surface area (Å²) in [6.07, 6.45) is -10.9. The Hall–Kier alpha value is -1.73. The van der Waals surface area contributed by atoms with Crippen LogP contribution in [0.5, 0.6) is 0 Å². The molecule has 1 aromatic carbocycles. The molecule has 1 aromatic rings. The van der Waals surface area contributed by atoms with E-state index >= 15 is 0 Å². The second kappa shape index (κ2) is 5.95. The topological polar surface area (TPSA) is 26.3 Å². The van der Waals surface area contributed by atoms with E-state index < -0.39 is 41.1 Å². The number of benzene rings is 1. The van der Waals surface area contributed by atoms with E-state index in [0.717, 1.165) is 6.07 Å². The summed E-state index contributed by atoms with van der Waals surface area (Å²) in [6, 6.07) is 1.69. The number of hydrogen-bond donors (Lipinski definition) is 0. The minimum absolute atomic E-state index is 0.281. The molecule has 8 heteroatoms. The van der Waals surface area contributed by atoms with E-state index in [0.29, 0.717) is 12.5 Å². The molecule has 0 heterocycles. The molecular formula is C13H12F6O2. The molecule has 118 valence electrons. The first-order valence-corrected chi connectivity index (χ1v) is 5.96. The van der Waals surface area contributed by atoms with E-state index in [1.807, 2.05) is 0 Å². The molecule has 0 aromatic heterocycles. The highest BCUT2D eigenvalue weighted by molar-refractivity contribution is 5.92. The summed E-state index contributed by atoms with van der Waals surface area (Å²) in [7, 11) is 0. The highest BCUT2D eigenvalue weighted by Gasteiger charge is 2.46. The first-order valence-electron chi connectivity index (χ1n) is 5.96. The Labute approximate surface area is 116 Å². The largest absolute Gasteiger partial charge is 0.459 e. The van der Waals surface area contributed by atoms with E-state index in [1.165, 1.54) is 6.92 Å². The first-order chi connectivity index (χ1) is 9.48. The van der Waals surface area contributed by atoms with Gasteiger partial charge in [-0.05, 0) is 25.5 Å². The summed E-state index contributed by atoms with van der Waals surface area (Å²) in [5, 5.41) is 0. The van der Waals surface area contributed by atoms with E-state index in [1.54, 1.807) is 6.92 Å². The highest BCUT2D eigenvalue weighted by atomic mass is 19.4. The van der Waals surface area contributed by atoms with Gasteiger partial charge < -0.3 is 4.74 Å². The maximum absolute atomic E-state index is 12.9. The Balaban J connectivity index is 3.43. The van der Waals surface area contributed by atoms with Crippen molar-refractivity contribution in [3.63, 3.8) is 0 Å². The molecule has 0 aliphatic carbocycles.